The predicted molar refractivity (Wildman–Crippen MR) is 79.6 cm³/mol. The average Bonchev–Trinajstić information content (AvgIpc) is 2.42. The van der Waals surface area contributed by atoms with Gasteiger partial charge >= 0.3 is 0 Å². The number of rotatable bonds is 4. The number of piperidine rings is 1. The second kappa shape index (κ2) is 6.53. The van der Waals surface area contributed by atoms with Gasteiger partial charge in [-0.25, -0.2) is 0 Å². The predicted octanol–water partition coefficient (Wildman–Crippen LogP) is 1.28. The average molecular weight is 292 g/mol. The van der Waals surface area contributed by atoms with Gasteiger partial charge in [-0.05, 0) is 24.5 Å². The van der Waals surface area contributed by atoms with Crippen molar-refractivity contribution in [3.05, 3.63) is 33.9 Å². The fourth-order valence-electron chi connectivity index (χ4n) is 2.61. The number of nitrogens with two attached hydrogens (primary N) is 1. The van der Waals surface area contributed by atoms with Gasteiger partial charge < -0.3 is 11.1 Å². The fourth-order valence-corrected chi connectivity index (χ4v) is 2.61. The van der Waals surface area contributed by atoms with Crippen LogP contribution in [0.2, 0.25) is 0 Å². The molecule has 0 unspecified atom stereocenters. The number of anilines is 1. The minimum Gasteiger partial charge on any atom is -0.398 e. The summed E-state index contributed by atoms with van der Waals surface area (Å²) >= 11 is 0. The Morgan fingerprint density at radius 1 is 1.48 bits per heavy atom. The SMILES string of the molecule is CC(=O)NC1CCN(Cc2cc([N+](=O)[O-])ccc2N)CC1. The van der Waals surface area contributed by atoms with Crippen LogP contribution in [0.3, 0.4) is 0 Å². The van der Waals surface area contributed by atoms with Crippen molar-refractivity contribution in [1.82, 2.24) is 10.2 Å². The third-order valence-corrected chi connectivity index (χ3v) is 3.73. The molecule has 0 saturated carbocycles. The Morgan fingerprint density at radius 3 is 2.71 bits per heavy atom. The van der Waals surface area contributed by atoms with Gasteiger partial charge in [0.2, 0.25) is 5.91 Å². The Kier molecular flexibility index (Phi) is 4.74. The van der Waals surface area contributed by atoms with Crippen LogP contribution in [-0.4, -0.2) is 34.9 Å². The summed E-state index contributed by atoms with van der Waals surface area (Å²) < 4.78 is 0. The normalized spacial score (nSPS) is 16.6. The first-order chi connectivity index (χ1) is 9.95. The molecule has 0 aliphatic carbocycles. The van der Waals surface area contributed by atoms with Crippen LogP contribution in [0.1, 0.15) is 25.3 Å². The number of hydrogen-bond donors (Lipinski definition) is 2. The molecule has 3 N–H and O–H groups in total. The lowest BCUT2D eigenvalue weighted by Gasteiger charge is -2.32. The zero-order valence-corrected chi connectivity index (χ0v) is 12.0. The monoisotopic (exact) mass is 292 g/mol. The summed E-state index contributed by atoms with van der Waals surface area (Å²) in [5.41, 5.74) is 7.31. The third kappa shape index (κ3) is 4.16. The molecule has 1 fully saturated rings. The van der Waals surface area contributed by atoms with Crippen LogP contribution in [0.4, 0.5) is 11.4 Å². The van der Waals surface area contributed by atoms with E-state index in [1.165, 1.54) is 19.1 Å². The van der Waals surface area contributed by atoms with E-state index in [4.69, 9.17) is 5.73 Å². The minimum absolute atomic E-state index is 0.00335. The summed E-state index contributed by atoms with van der Waals surface area (Å²) in [6, 6.07) is 4.76. The molecule has 0 radical (unpaired) electrons. The van der Waals surface area contributed by atoms with Gasteiger partial charge in [-0.1, -0.05) is 0 Å². The molecule has 1 heterocycles. The fraction of sp³-hybridized carbons (Fsp3) is 0.500. The zero-order chi connectivity index (χ0) is 15.4. The van der Waals surface area contributed by atoms with Crippen LogP contribution >= 0.6 is 0 Å². The molecule has 1 amide bonds. The Morgan fingerprint density at radius 2 is 2.14 bits per heavy atom. The molecule has 0 atom stereocenters. The van der Waals surface area contributed by atoms with Crippen LogP contribution < -0.4 is 11.1 Å². The topological polar surface area (TPSA) is 102 Å². The Balaban J connectivity index is 1.95. The van der Waals surface area contributed by atoms with E-state index in [-0.39, 0.29) is 17.6 Å². The van der Waals surface area contributed by atoms with Crippen molar-refractivity contribution in [3.63, 3.8) is 0 Å². The van der Waals surface area contributed by atoms with Gasteiger partial charge in [-0.15, -0.1) is 0 Å². The van der Waals surface area contributed by atoms with Crippen LogP contribution in [0.5, 0.6) is 0 Å². The van der Waals surface area contributed by atoms with Crippen molar-refractivity contribution in [1.29, 1.82) is 0 Å². The lowest BCUT2D eigenvalue weighted by Crippen LogP contribution is -2.43. The van der Waals surface area contributed by atoms with Crippen LogP contribution in [0, 0.1) is 10.1 Å². The van der Waals surface area contributed by atoms with E-state index >= 15 is 0 Å². The molecule has 2 rings (SSSR count). The van der Waals surface area contributed by atoms with Gasteiger partial charge in [0, 0.05) is 50.4 Å². The maximum atomic E-state index is 11.0. The molecule has 1 aromatic rings. The molecular weight excluding hydrogens is 272 g/mol. The Labute approximate surface area is 123 Å². The molecule has 1 aromatic carbocycles. The summed E-state index contributed by atoms with van der Waals surface area (Å²) in [5.74, 6) is -0.00335. The highest BCUT2D eigenvalue weighted by molar-refractivity contribution is 5.73. The summed E-state index contributed by atoms with van der Waals surface area (Å²) in [6.07, 6.45) is 1.77. The number of nitrogens with one attached hydrogen (secondary N) is 1. The largest absolute Gasteiger partial charge is 0.398 e. The standard InChI is InChI=1S/C14H20N4O3/c1-10(19)16-12-4-6-17(7-5-12)9-11-8-13(18(20)21)2-3-14(11)15/h2-3,8,12H,4-7,9,15H2,1H3,(H,16,19). The Bertz CT molecular complexity index is 539. The maximum absolute atomic E-state index is 11.0. The zero-order valence-electron chi connectivity index (χ0n) is 12.0. The third-order valence-electron chi connectivity index (χ3n) is 3.73. The molecule has 1 aliphatic heterocycles. The lowest BCUT2D eigenvalue weighted by atomic mass is 10.0. The number of amides is 1. The second-order valence-electron chi connectivity index (χ2n) is 5.39. The van der Waals surface area contributed by atoms with Gasteiger partial charge in [-0.3, -0.25) is 19.8 Å². The van der Waals surface area contributed by atoms with Gasteiger partial charge in [0.05, 0.1) is 4.92 Å². The molecule has 7 nitrogen and oxygen atoms in total. The number of hydrogen-bond acceptors (Lipinski definition) is 5. The van der Waals surface area contributed by atoms with E-state index in [1.54, 1.807) is 6.07 Å². The van der Waals surface area contributed by atoms with E-state index in [1.807, 2.05) is 0 Å². The van der Waals surface area contributed by atoms with Crippen molar-refractivity contribution in [3.8, 4) is 0 Å². The van der Waals surface area contributed by atoms with Crippen LogP contribution in [0.25, 0.3) is 0 Å². The van der Waals surface area contributed by atoms with E-state index in [0.717, 1.165) is 31.5 Å². The number of nitrogen functional groups attached to an aromatic ring is 1. The van der Waals surface area contributed by atoms with Crippen molar-refractivity contribution in [2.24, 2.45) is 0 Å². The number of nitro groups is 1. The summed E-state index contributed by atoms with van der Waals surface area (Å²) in [4.78, 5) is 23.6. The molecular formula is C14H20N4O3. The van der Waals surface area contributed by atoms with Crippen LogP contribution in [0.15, 0.2) is 18.2 Å². The molecule has 0 aromatic heterocycles. The molecule has 0 bridgehead atoms. The summed E-state index contributed by atoms with van der Waals surface area (Å²) in [5, 5.41) is 13.7. The van der Waals surface area contributed by atoms with Crippen LogP contribution in [-0.2, 0) is 11.3 Å². The second-order valence-corrected chi connectivity index (χ2v) is 5.39. The summed E-state index contributed by atoms with van der Waals surface area (Å²) in [6.45, 7) is 3.80. The van der Waals surface area contributed by atoms with E-state index in [0.29, 0.717) is 12.2 Å². The first kappa shape index (κ1) is 15.2. The highest BCUT2D eigenvalue weighted by Crippen LogP contribution is 2.22. The number of non-ortho nitro benzene ring substituents is 1. The number of likely N-dealkylation sites (tertiary alicyclic amines) is 1. The quantitative estimate of drug-likeness (QED) is 0.494. The van der Waals surface area contributed by atoms with Crippen molar-refractivity contribution < 1.29 is 9.72 Å². The molecule has 0 spiro atoms. The van der Waals surface area contributed by atoms with Crippen molar-refractivity contribution >= 4 is 17.3 Å². The summed E-state index contributed by atoms with van der Waals surface area (Å²) in [7, 11) is 0. The van der Waals surface area contributed by atoms with Crippen molar-refractivity contribution in [2.75, 3.05) is 18.8 Å². The van der Waals surface area contributed by atoms with Gasteiger partial charge in [0.1, 0.15) is 0 Å². The minimum atomic E-state index is -0.411. The highest BCUT2D eigenvalue weighted by Gasteiger charge is 2.20. The molecule has 114 valence electrons. The lowest BCUT2D eigenvalue weighted by molar-refractivity contribution is -0.384. The number of nitro benzene ring substituents is 1. The van der Waals surface area contributed by atoms with Gasteiger partial charge in [-0.2, -0.15) is 0 Å². The molecule has 7 heteroatoms. The Hall–Kier alpha value is -2.15. The van der Waals surface area contributed by atoms with Gasteiger partial charge in [0.25, 0.3) is 5.69 Å². The number of nitrogens with zero attached hydrogens (tertiary/aromatic N) is 2. The smallest absolute Gasteiger partial charge is 0.269 e. The molecule has 1 saturated heterocycles. The van der Waals surface area contributed by atoms with E-state index in [9.17, 15) is 14.9 Å². The van der Waals surface area contributed by atoms with E-state index < -0.39 is 4.92 Å². The first-order valence-electron chi connectivity index (χ1n) is 6.98. The number of benzene rings is 1. The molecule has 1 aliphatic rings. The maximum Gasteiger partial charge on any atom is 0.269 e. The van der Waals surface area contributed by atoms with E-state index in [2.05, 4.69) is 10.2 Å². The highest BCUT2D eigenvalue weighted by atomic mass is 16.6. The molecule has 21 heavy (non-hydrogen) atoms. The number of carbonyl (C=O) groups excluding carboxylic acids is 1. The van der Waals surface area contributed by atoms with Gasteiger partial charge in [0.15, 0.2) is 0 Å². The van der Waals surface area contributed by atoms with Crippen molar-refractivity contribution in [2.45, 2.75) is 32.4 Å². The first-order valence-corrected chi connectivity index (χ1v) is 6.98. The number of carbonyl (C=O) groups is 1.